The Morgan fingerprint density at radius 2 is 1.70 bits per heavy atom. The Balaban J connectivity index is 2.34. The Morgan fingerprint density at radius 3 is 2.30 bits per heavy atom. The minimum atomic E-state index is -0.367. The topological polar surface area (TPSA) is 75.3 Å². The largest absolute Gasteiger partial charge is 0.324 e. The van der Waals surface area contributed by atoms with Crippen LogP contribution in [0.5, 0.6) is 0 Å². The minimum absolute atomic E-state index is 0.0101. The molecule has 0 aromatic heterocycles. The molecule has 0 spiro atoms. The van der Waals surface area contributed by atoms with Crippen molar-refractivity contribution in [3.05, 3.63) is 23.8 Å². The minimum Gasteiger partial charge on any atom is -0.324 e. The molecule has 0 saturated carbocycles. The number of carbonyl (C=O) groups is 3. The molecule has 1 heterocycles. The number of hydrogen-bond donors (Lipinski definition) is 2. The summed E-state index contributed by atoms with van der Waals surface area (Å²) < 4.78 is 0. The Hall–Kier alpha value is -2.17. The van der Waals surface area contributed by atoms with E-state index in [0.717, 1.165) is 12.8 Å². The molecule has 0 bridgehead atoms. The molecule has 2 amide bonds. The zero-order valence-corrected chi connectivity index (χ0v) is 11.7. The molecule has 2 rings (SSSR count). The quantitative estimate of drug-likeness (QED) is 0.654. The van der Waals surface area contributed by atoms with Crippen molar-refractivity contribution in [3.8, 4) is 0 Å². The summed E-state index contributed by atoms with van der Waals surface area (Å²) in [4.78, 5) is 35.3. The van der Waals surface area contributed by atoms with E-state index in [2.05, 4.69) is 10.6 Å². The summed E-state index contributed by atoms with van der Waals surface area (Å²) in [5.41, 5.74) is 1.58. The van der Waals surface area contributed by atoms with Gasteiger partial charge in [-0.2, -0.15) is 0 Å². The molecule has 0 unspecified atom stereocenters. The zero-order chi connectivity index (χ0) is 14.7. The van der Waals surface area contributed by atoms with E-state index in [-0.39, 0.29) is 29.9 Å². The van der Waals surface area contributed by atoms with E-state index < -0.39 is 0 Å². The summed E-state index contributed by atoms with van der Waals surface area (Å²) in [7, 11) is 0. The van der Waals surface area contributed by atoms with Crippen LogP contribution in [0, 0.1) is 5.92 Å². The zero-order valence-electron chi connectivity index (χ0n) is 11.7. The predicted octanol–water partition coefficient (Wildman–Crippen LogP) is 2.59. The number of ketones is 1. The van der Waals surface area contributed by atoms with Crippen LogP contribution in [0.25, 0.3) is 0 Å². The first-order chi connectivity index (χ1) is 9.55. The third-order valence-corrected chi connectivity index (χ3v) is 3.53. The lowest BCUT2D eigenvalue weighted by Crippen LogP contribution is -2.16. The van der Waals surface area contributed by atoms with Crippen molar-refractivity contribution in [1.29, 1.82) is 0 Å². The number of rotatable bonds is 4. The van der Waals surface area contributed by atoms with Crippen molar-refractivity contribution < 1.29 is 14.4 Å². The van der Waals surface area contributed by atoms with Gasteiger partial charge in [-0.3, -0.25) is 14.4 Å². The van der Waals surface area contributed by atoms with Gasteiger partial charge >= 0.3 is 0 Å². The van der Waals surface area contributed by atoms with Crippen molar-refractivity contribution in [3.63, 3.8) is 0 Å². The van der Waals surface area contributed by atoms with Gasteiger partial charge in [0, 0.05) is 11.5 Å². The smallest absolute Gasteiger partial charge is 0.233 e. The van der Waals surface area contributed by atoms with Gasteiger partial charge in [0.15, 0.2) is 5.78 Å². The number of Topliss-reactive ketones (excluding diaryl/α,β-unsaturated/α-hetero) is 1. The van der Waals surface area contributed by atoms with E-state index in [0.29, 0.717) is 16.9 Å². The number of fused-ring (bicyclic) bond motifs is 1. The molecule has 5 heteroatoms. The van der Waals surface area contributed by atoms with Crippen LogP contribution in [-0.2, 0) is 9.59 Å². The fourth-order valence-electron chi connectivity index (χ4n) is 2.34. The lowest BCUT2D eigenvalue weighted by Gasteiger charge is -2.13. The van der Waals surface area contributed by atoms with Crippen molar-refractivity contribution in [2.45, 2.75) is 33.1 Å². The van der Waals surface area contributed by atoms with Gasteiger partial charge in [-0.05, 0) is 31.0 Å². The van der Waals surface area contributed by atoms with Gasteiger partial charge in [0.05, 0.1) is 11.4 Å². The molecule has 0 fully saturated rings. The Bertz CT molecular complexity index is 562. The van der Waals surface area contributed by atoms with Gasteiger partial charge in [0.1, 0.15) is 6.42 Å². The van der Waals surface area contributed by atoms with E-state index in [1.807, 2.05) is 13.8 Å². The average molecular weight is 274 g/mol. The van der Waals surface area contributed by atoms with Gasteiger partial charge < -0.3 is 10.6 Å². The van der Waals surface area contributed by atoms with E-state index in [4.69, 9.17) is 0 Å². The van der Waals surface area contributed by atoms with Gasteiger partial charge in [0.2, 0.25) is 11.8 Å². The van der Waals surface area contributed by atoms with E-state index in [1.54, 1.807) is 18.2 Å². The Labute approximate surface area is 117 Å². The van der Waals surface area contributed by atoms with Gasteiger partial charge in [-0.25, -0.2) is 0 Å². The Kier molecular flexibility index (Phi) is 4.17. The summed E-state index contributed by atoms with van der Waals surface area (Å²) in [5, 5.41) is 5.29. The highest BCUT2D eigenvalue weighted by atomic mass is 16.2. The first kappa shape index (κ1) is 14.2. The first-order valence-corrected chi connectivity index (χ1v) is 6.83. The highest BCUT2D eigenvalue weighted by molar-refractivity contribution is 6.14. The number of amides is 2. The molecule has 5 nitrogen and oxygen atoms in total. The van der Waals surface area contributed by atoms with Crippen molar-refractivity contribution in [1.82, 2.24) is 0 Å². The third-order valence-electron chi connectivity index (χ3n) is 3.53. The van der Waals surface area contributed by atoms with Gasteiger partial charge in [-0.15, -0.1) is 0 Å². The molecule has 1 aliphatic heterocycles. The molecule has 20 heavy (non-hydrogen) atoms. The lowest BCUT2D eigenvalue weighted by molar-refractivity contribution is -0.123. The summed E-state index contributed by atoms with van der Waals surface area (Å²) in [5.74, 6) is -0.652. The van der Waals surface area contributed by atoms with Gasteiger partial charge in [-0.1, -0.05) is 13.8 Å². The second kappa shape index (κ2) is 5.86. The fourth-order valence-corrected chi connectivity index (χ4v) is 2.34. The van der Waals surface area contributed by atoms with E-state index in [9.17, 15) is 14.4 Å². The highest BCUT2D eigenvalue weighted by Gasteiger charge is 2.21. The molecule has 1 aliphatic rings. The summed E-state index contributed by atoms with van der Waals surface area (Å²) in [6.45, 7) is 3.97. The fraction of sp³-hybridized carbons (Fsp3) is 0.400. The molecule has 2 N–H and O–H groups in total. The van der Waals surface area contributed by atoms with Crippen LogP contribution < -0.4 is 10.6 Å². The van der Waals surface area contributed by atoms with Crippen LogP contribution >= 0.6 is 0 Å². The van der Waals surface area contributed by atoms with Crippen LogP contribution in [0.15, 0.2) is 18.2 Å². The third kappa shape index (κ3) is 2.87. The van der Waals surface area contributed by atoms with Gasteiger partial charge in [0.25, 0.3) is 0 Å². The molecule has 0 radical (unpaired) electrons. The molecule has 1 aromatic carbocycles. The standard InChI is InChI=1S/C15H18N2O3/c1-3-9(4-2)15(20)10-5-6-11-12(7-10)17-14(19)8-13(18)16-11/h5-7,9H,3-4,8H2,1-2H3,(H,16,18)(H,17,19). The maximum Gasteiger partial charge on any atom is 0.233 e. The van der Waals surface area contributed by atoms with Crippen LogP contribution in [-0.4, -0.2) is 17.6 Å². The monoisotopic (exact) mass is 274 g/mol. The molecular weight excluding hydrogens is 256 g/mol. The molecule has 1 aromatic rings. The first-order valence-electron chi connectivity index (χ1n) is 6.83. The molecule has 0 aliphatic carbocycles. The van der Waals surface area contributed by atoms with Crippen LogP contribution in [0.2, 0.25) is 0 Å². The maximum atomic E-state index is 12.3. The number of anilines is 2. The van der Waals surface area contributed by atoms with Crippen molar-refractivity contribution in [2.24, 2.45) is 5.92 Å². The SMILES string of the molecule is CCC(CC)C(=O)c1ccc2c(c1)NC(=O)CC(=O)N2. The molecule has 0 saturated heterocycles. The number of hydrogen-bond acceptors (Lipinski definition) is 3. The second-order valence-electron chi connectivity index (χ2n) is 4.91. The van der Waals surface area contributed by atoms with Crippen LogP contribution in [0.3, 0.4) is 0 Å². The number of benzene rings is 1. The number of carbonyl (C=O) groups excluding carboxylic acids is 3. The van der Waals surface area contributed by atoms with E-state index in [1.165, 1.54) is 0 Å². The number of nitrogens with one attached hydrogen (secondary N) is 2. The van der Waals surface area contributed by atoms with Crippen molar-refractivity contribution >= 4 is 29.0 Å². The van der Waals surface area contributed by atoms with Crippen LogP contribution in [0.1, 0.15) is 43.5 Å². The average Bonchev–Trinajstić information content (AvgIpc) is 2.55. The highest BCUT2D eigenvalue weighted by Crippen LogP contribution is 2.27. The molecule has 0 atom stereocenters. The lowest BCUT2D eigenvalue weighted by atomic mass is 9.92. The summed E-state index contributed by atoms with van der Waals surface area (Å²) in [6.07, 6.45) is 1.37. The van der Waals surface area contributed by atoms with Crippen LogP contribution in [0.4, 0.5) is 11.4 Å². The molecule has 106 valence electrons. The predicted molar refractivity (Wildman–Crippen MR) is 76.7 cm³/mol. The maximum absolute atomic E-state index is 12.3. The summed E-state index contributed by atoms with van der Waals surface area (Å²) >= 11 is 0. The van der Waals surface area contributed by atoms with Crippen molar-refractivity contribution in [2.75, 3.05) is 10.6 Å². The van der Waals surface area contributed by atoms with E-state index >= 15 is 0 Å². The second-order valence-corrected chi connectivity index (χ2v) is 4.91. The Morgan fingerprint density at radius 1 is 1.10 bits per heavy atom. The summed E-state index contributed by atoms with van der Waals surface area (Å²) in [6, 6.07) is 4.99. The normalized spacial score (nSPS) is 14.3. The molecular formula is C15H18N2O3.